The molecule has 1 fully saturated rings. The molecular formula is C12H24F2N2. The summed E-state index contributed by atoms with van der Waals surface area (Å²) in [5.41, 5.74) is 0. The second kappa shape index (κ2) is 7.17. The highest BCUT2D eigenvalue weighted by molar-refractivity contribution is 4.83. The van der Waals surface area contributed by atoms with Gasteiger partial charge in [0.05, 0.1) is 6.54 Å². The van der Waals surface area contributed by atoms with Crippen LogP contribution in [0.2, 0.25) is 0 Å². The first-order valence-electron chi connectivity index (χ1n) is 6.39. The van der Waals surface area contributed by atoms with E-state index in [0.29, 0.717) is 5.92 Å². The van der Waals surface area contributed by atoms with E-state index in [9.17, 15) is 8.78 Å². The number of likely N-dealkylation sites (tertiary alicyclic amines) is 1. The van der Waals surface area contributed by atoms with Crippen molar-refractivity contribution in [3.8, 4) is 0 Å². The van der Waals surface area contributed by atoms with Crippen molar-refractivity contribution >= 4 is 0 Å². The molecule has 1 aliphatic rings. The van der Waals surface area contributed by atoms with Gasteiger partial charge in [-0.3, -0.25) is 0 Å². The predicted molar refractivity (Wildman–Crippen MR) is 62.9 cm³/mol. The van der Waals surface area contributed by atoms with Crippen LogP contribution in [-0.4, -0.2) is 43.5 Å². The Hall–Kier alpha value is -0.220. The molecule has 1 saturated heterocycles. The fourth-order valence-electron chi connectivity index (χ4n) is 2.50. The highest BCUT2D eigenvalue weighted by atomic mass is 19.3. The third kappa shape index (κ3) is 4.74. The molecule has 2 unspecified atom stereocenters. The quantitative estimate of drug-likeness (QED) is 0.759. The molecule has 0 amide bonds. The lowest BCUT2D eigenvalue weighted by Crippen LogP contribution is -2.50. The molecule has 0 radical (unpaired) electrons. The normalized spacial score (nSPS) is 27.6. The standard InChI is InChI=1S/C12H24F2N2/c1-3-5-16-8-10(4-2)6-11(9-16)15-7-12(13)14/h10-12,15H,3-9H2,1-2H3. The summed E-state index contributed by atoms with van der Waals surface area (Å²) in [5, 5.41) is 2.98. The summed E-state index contributed by atoms with van der Waals surface area (Å²) < 4.78 is 24.3. The van der Waals surface area contributed by atoms with Crippen molar-refractivity contribution in [1.29, 1.82) is 0 Å². The van der Waals surface area contributed by atoms with E-state index in [4.69, 9.17) is 0 Å². The third-order valence-corrected chi connectivity index (χ3v) is 3.29. The highest BCUT2D eigenvalue weighted by Gasteiger charge is 2.25. The van der Waals surface area contributed by atoms with Crippen LogP contribution in [0, 0.1) is 5.92 Å². The van der Waals surface area contributed by atoms with Crippen molar-refractivity contribution in [3.63, 3.8) is 0 Å². The minimum atomic E-state index is -2.23. The van der Waals surface area contributed by atoms with E-state index in [1.807, 2.05) is 0 Å². The molecule has 16 heavy (non-hydrogen) atoms. The number of halogens is 2. The number of nitrogens with zero attached hydrogens (tertiary/aromatic N) is 1. The van der Waals surface area contributed by atoms with E-state index in [1.54, 1.807) is 0 Å². The minimum absolute atomic E-state index is 0.166. The molecule has 2 atom stereocenters. The van der Waals surface area contributed by atoms with Gasteiger partial charge in [-0.1, -0.05) is 20.3 Å². The topological polar surface area (TPSA) is 15.3 Å². The Labute approximate surface area is 97.4 Å². The monoisotopic (exact) mass is 234 g/mol. The highest BCUT2D eigenvalue weighted by Crippen LogP contribution is 2.20. The largest absolute Gasteiger partial charge is 0.307 e. The zero-order valence-corrected chi connectivity index (χ0v) is 10.4. The Morgan fingerprint density at radius 3 is 2.62 bits per heavy atom. The van der Waals surface area contributed by atoms with Gasteiger partial charge in [0.15, 0.2) is 0 Å². The molecule has 0 aliphatic carbocycles. The van der Waals surface area contributed by atoms with Crippen LogP contribution in [0.15, 0.2) is 0 Å². The summed E-state index contributed by atoms with van der Waals surface area (Å²) in [7, 11) is 0. The van der Waals surface area contributed by atoms with Gasteiger partial charge in [-0.2, -0.15) is 0 Å². The van der Waals surface area contributed by atoms with E-state index in [2.05, 4.69) is 24.1 Å². The van der Waals surface area contributed by atoms with Crippen molar-refractivity contribution in [2.75, 3.05) is 26.2 Å². The molecule has 0 bridgehead atoms. The molecule has 1 heterocycles. The van der Waals surface area contributed by atoms with Crippen LogP contribution in [0.5, 0.6) is 0 Å². The summed E-state index contributed by atoms with van der Waals surface area (Å²) in [6.07, 6.45) is 1.09. The van der Waals surface area contributed by atoms with Crippen LogP contribution in [0.4, 0.5) is 8.78 Å². The van der Waals surface area contributed by atoms with Crippen LogP contribution in [0.1, 0.15) is 33.1 Å². The Morgan fingerprint density at radius 1 is 1.31 bits per heavy atom. The number of hydrogen-bond acceptors (Lipinski definition) is 2. The van der Waals surface area contributed by atoms with Crippen molar-refractivity contribution < 1.29 is 8.78 Å². The van der Waals surface area contributed by atoms with E-state index in [-0.39, 0.29) is 12.6 Å². The van der Waals surface area contributed by atoms with Gasteiger partial charge in [0, 0.05) is 19.1 Å². The molecule has 1 N–H and O–H groups in total. The van der Waals surface area contributed by atoms with Crippen molar-refractivity contribution in [3.05, 3.63) is 0 Å². The fraction of sp³-hybridized carbons (Fsp3) is 1.00. The van der Waals surface area contributed by atoms with E-state index >= 15 is 0 Å². The first-order valence-corrected chi connectivity index (χ1v) is 6.39. The second-order valence-corrected chi connectivity index (χ2v) is 4.77. The van der Waals surface area contributed by atoms with Crippen LogP contribution in [0.25, 0.3) is 0 Å². The Balaban J connectivity index is 2.37. The van der Waals surface area contributed by atoms with Gasteiger partial charge in [0.2, 0.25) is 0 Å². The summed E-state index contributed by atoms with van der Waals surface area (Å²) in [4.78, 5) is 2.40. The van der Waals surface area contributed by atoms with Gasteiger partial charge in [-0.05, 0) is 25.3 Å². The number of alkyl halides is 2. The molecule has 96 valence electrons. The predicted octanol–water partition coefficient (Wildman–Crippen LogP) is 2.35. The maximum absolute atomic E-state index is 12.1. The smallest absolute Gasteiger partial charge is 0.250 e. The third-order valence-electron chi connectivity index (χ3n) is 3.29. The first-order chi connectivity index (χ1) is 7.65. The van der Waals surface area contributed by atoms with Crippen LogP contribution in [-0.2, 0) is 0 Å². The van der Waals surface area contributed by atoms with Crippen molar-refractivity contribution in [2.24, 2.45) is 5.92 Å². The van der Waals surface area contributed by atoms with Crippen molar-refractivity contribution in [2.45, 2.75) is 45.6 Å². The van der Waals surface area contributed by atoms with Crippen LogP contribution in [0.3, 0.4) is 0 Å². The summed E-state index contributed by atoms with van der Waals surface area (Å²) in [6, 6.07) is 0.249. The fourth-order valence-corrected chi connectivity index (χ4v) is 2.50. The lowest BCUT2D eigenvalue weighted by Gasteiger charge is -2.37. The van der Waals surface area contributed by atoms with Gasteiger partial charge < -0.3 is 10.2 Å². The zero-order chi connectivity index (χ0) is 12.0. The molecule has 0 aromatic rings. The van der Waals surface area contributed by atoms with Gasteiger partial charge in [-0.25, -0.2) is 8.78 Å². The SMILES string of the molecule is CCCN1CC(CC)CC(NCC(F)F)C1. The molecule has 0 aromatic heterocycles. The maximum Gasteiger partial charge on any atom is 0.250 e. The number of nitrogens with one attached hydrogen (secondary N) is 1. The van der Waals surface area contributed by atoms with E-state index < -0.39 is 6.43 Å². The average molecular weight is 234 g/mol. The lowest BCUT2D eigenvalue weighted by molar-refractivity contribution is 0.108. The molecule has 4 heteroatoms. The van der Waals surface area contributed by atoms with E-state index in [0.717, 1.165) is 38.9 Å². The molecule has 0 saturated carbocycles. The van der Waals surface area contributed by atoms with Crippen molar-refractivity contribution in [1.82, 2.24) is 10.2 Å². The molecule has 1 aliphatic heterocycles. The van der Waals surface area contributed by atoms with Gasteiger partial charge >= 0.3 is 0 Å². The first kappa shape index (κ1) is 13.8. The molecule has 0 spiro atoms. The Kier molecular flexibility index (Phi) is 6.21. The summed E-state index contributed by atoms with van der Waals surface area (Å²) in [5.74, 6) is 0.662. The Bertz CT molecular complexity index is 188. The maximum atomic E-state index is 12.1. The number of rotatable bonds is 6. The Morgan fingerprint density at radius 2 is 2.06 bits per heavy atom. The zero-order valence-electron chi connectivity index (χ0n) is 10.4. The molecule has 2 nitrogen and oxygen atoms in total. The second-order valence-electron chi connectivity index (χ2n) is 4.77. The van der Waals surface area contributed by atoms with Gasteiger partial charge in [0.1, 0.15) is 0 Å². The number of hydrogen-bond donors (Lipinski definition) is 1. The number of piperidine rings is 1. The molecular weight excluding hydrogens is 210 g/mol. The van der Waals surface area contributed by atoms with Gasteiger partial charge in [-0.15, -0.1) is 0 Å². The summed E-state index contributed by atoms with van der Waals surface area (Å²) in [6.45, 7) is 7.33. The van der Waals surface area contributed by atoms with Gasteiger partial charge in [0.25, 0.3) is 6.43 Å². The molecule has 1 rings (SSSR count). The summed E-state index contributed by atoms with van der Waals surface area (Å²) >= 11 is 0. The lowest BCUT2D eigenvalue weighted by atomic mass is 9.92. The average Bonchev–Trinajstić information content (AvgIpc) is 2.26. The minimum Gasteiger partial charge on any atom is -0.307 e. The molecule has 0 aromatic carbocycles. The van der Waals surface area contributed by atoms with E-state index in [1.165, 1.54) is 0 Å². The van der Waals surface area contributed by atoms with Crippen LogP contribution >= 0.6 is 0 Å². The van der Waals surface area contributed by atoms with Crippen LogP contribution < -0.4 is 5.32 Å².